The van der Waals surface area contributed by atoms with Crippen LogP contribution in [0.1, 0.15) is 46.0 Å². The minimum absolute atomic E-state index is 0.0586. The van der Waals surface area contributed by atoms with Crippen LogP contribution >= 0.6 is 0 Å². The molecule has 2 aliphatic heterocycles. The van der Waals surface area contributed by atoms with E-state index in [1.807, 2.05) is 13.8 Å². The van der Waals surface area contributed by atoms with E-state index in [-0.39, 0.29) is 30.6 Å². The highest BCUT2D eigenvalue weighted by Gasteiger charge is 2.41. The van der Waals surface area contributed by atoms with Gasteiger partial charge in [0.2, 0.25) is 0 Å². The quantitative estimate of drug-likeness (QED) is 0.776. The number of carboxylic acid groups (broad SMARTS) is 1. The van der Waals surface area contributed by atoms with Crippen LogP contribution in [0.3, 0.4) is 0 Å². The second-order valence-corrected chi connectivity index (χ2v) is 5.95. The minimum Gasteiger partial charge on any atom is -0.481 e. The molecule has 2 rings (SSSR count). The number of aliphatic carboxylic acids is 1. The molecule has 2 fully saturated rings. The summed E-state index contributed by atoms with van der Waals surface area (Å²) in [5.41, 5.74) is 0. The number of carbonyl (C=O) groups is 2. The van der Waals surface area contributed by atoms with E-state index in [2.05, 4.69) is 5.32 Å². The molecule has 2 N–H and O–H groups in total. The number of carboxylic acids is 1. The molecule has 2 aliphatic rings. The number of amides is 2. The molecule has 0 spiro atoms. The first-order chi connectivity index (χ1) is 9.47. The van der Waals surface area contributed by atoms with Gasteiger partial charge in [0.1, 0.15) is 0 Å². The van der Waals surface area contributed by atoms with Crippen LogP contribution < -0.4 is 5.32 Å². The fourth-order valence-electron chi connectivity index (χ4n) is 3.03. The highest BCUT2D eigenvalue weighted by molar-refractivity contribution is 5.75. The Balaban J connectivity index is 1.82. The molecular formula is C14H24N2O4. The lowest BCUT2D eigenvalue weighted by Crippen LogP contribution is -2.50. The number of carbonyl (C=O) groups excluding carboxylic acids is 1. The smallest absolute Gasteiger partial charge is 0.317 e. The summed E-state index contributed by atoms with van der Waals surface area (Å²) in [4.78, 5) is 24.6. The molecule has 2 heterocycles. The zero-order chi connectivity index (χ0) is 14.7. The van der Waals surface area contributed by atoms with Gasteiger partial charge in [0, 0.05) is 19.0 Å². The fraction of sp³-hybridized carbons (Fsp3) is 0.857. The maximum Gasteiger partial charge on any atom is 0.317 e. The second-order valence-electron chi connectivity index (χ2n) is 5.95. The lowest BCUT2D eigenvalue weighted by atomic mass is 9.96. The van der Waals surface area contributed by atoms with E-state index in [1.165, 1.54) is 0 Å². The Morgan fingerprint density at radius 1 is 1.40 bits per heavy atom. The summed E-state index contributed by atoms with van der Waals surface area (Å²) >= 11 is 0. The van der Waals surface area contributed by atoms with Gasteiger partial charge in [0.15, 0.2) is 0 Å². The van der Waals surface area contributed by atoms with Gasteiger partial charge in [-0.3, -0.25) is 4.79 Å². The van der Waals surface area contributed by atoms with E-state index < -0.39 is 5.97 Å². The van der Waals surface area contributed by atoms with Crippen LogP contribution in [-0.2, 0) is 9.53 Å². The largest absolute Gasteiger partial charge is 0.481 e. The van der Waals surface area contributed by atoms with Gasteiger partial charge >= 0.3 is 12.0 Å². The summed E-state index contributed by atoms with van der Waals surface area (Å²) in [6.07, 6.45) is 4.07. The van der Waals surface area contributed by atoms with Crippen LogP contribution in [0.15, 0.2) is 0 Å². The van der Waals surface area contributed by atoms with Crippen LogP contribution in [0.4, 0.5) is 4.79 Å². The molecule has 0 aromatic rings. The van der Waals surface area contributed by atoms with E-state index in [1.54, 1.807) is 4.90 Å². The first-order valence-corrected chi connectivity index (χ1v) is 7.41. The lowest BCUT2D eigenvalue weighted by Gasteiger charge is -2.30. The van der Waals surface area contributed by atoms with Crippen LogP contribution in [0.5, 0.6) is 0 Å². The maximum atomic E-state index is 12.3. The Morgan fingerprint density at radius 3 is 2.65 bits per heavy atom. The topological polar surface area (TPSA) is 78.9 Å². The highest BCUT2D eigenvalue weighted by atomic mass is 16.5. The van der Waals surface area contributed by atoms with Crippen LogP contribution in [0.2, 0.25) is 0 Å². The second kappa shape index (κ2) is 6.43. The average molecular weight is 284 g/mol. The molecular weight excluding hydrogens is 260 g/mol. The van der Waals surface area contributed by atoms with Crippen molar-refractivity contribution in [1.29, 1.82) is 0 Å². The maximum absolute atomic E-state index is 12.3. The van der Waals surface area contributed by atoms with Crippen molar-refractivity contribution in [1.82, 2.24) is 10.2 Å². The molecule has 3 atom stereocenters. The van der Waals surface area contributed by atoms with Gasteiger partial charge in [0.05, 0.1) is 18.2 Å². The molecule has 3 unspecified atom stereocenters. The molecule has 0 radical (unpaired) electrons. The van der Waals surface area contributed by atoms with Gasteiger partial charge in [-0.25, -0.2) is 4.79 Å². The van der Waals surface area contributed by atoms with Gasteiger partial charge in [-0.05, 0) is 39.5 Å². The summed E-state index contributed by atoms with van der Waals surface area (Å²) in [7, 11) is 0. The fourth-order valence-corrected chi connectivity index (χ4v) is 3.03. The summed E-state index contributed by atoms with van der Waals surface area (Å²) < 4.78 is 5.73. The SMILES string of the molecule is CC(C)N(CCCC(=O)O)C(=O)NC1CC2CCC1O2. The molecule has 2 saturated heterocycles. The summed E-state index contributed by atoms with van der Waals surface area (Å²) in [5, 5.41) is 11.7. The van der Waals surface area contributed by atoms with Crippen molar-refractivity contribution in [2.45, 2.75) is 70.2 Å². The third-order valence-corrected chi connectivity index (χ3v) is 4.09. The van der Waals surface area contributed by atoms with Gasteiger partial charge in [-0.1, -0.05) is 0 Å². The van der Waals surface area contributed by atoms with Crippen LogP contribution in [0, 0.1) is 0 Å². The number of urea groups is 1. The number of fused-ring (bicyclic) bond motifs is 2. The van der Waals surface area contributed by atoms with Crippen molar-refractivity contribution < 1.29 is 19.4 Å². The van der Waals surface area contributed by atoms with E-state index in [0.717, 1.165) is 19.3 Å². The standard InChI is InChI=1S/C14H24N2O4/c1-9(2)16(7-3-4-13(17)18)14(19)15-11-8-10-5-6-12(11)20-10/h9-12H,3-8H2,1-2H3,(H,15,19)(H,17,18). The third kappa shape index (κ3) is 3.62. The Hall–Kier alpha value is -1.30. The van der Waals surface area contributed by atoms with Crippen molar-refractivity contribution in [2.75, 3.05) is 6.54 Å². The number of nitrogens with one attached hydrogen (secondary N) is 1. The van der Waals surface area contributed by atoms with Crippen LogP contribution in [-0.4, -0.2) is 52.8 Å². The van der Waals surface area contributed by atoms with E-state index >= 15 is 0 Å². The van der Waals surface area contributed by atoms with Crippen molar-refractivity contribution >= 4 is 12.0 Å². The Labute approximate surface area is 119 Å². The van der Waals surface area contributed by atoms with Crippen molar-refractivity contribution in [3.05, 3.63) is 0 Å². The molecule has 2 bridgehead atoms. The van der Waals surface area contributed by atoms with Gasteiger partial charge in [-0.15, -0.1) is 0 Å². The molecule has 0 aliphatic carbocycles. The van der Waals surface area contributed by atoms with Gasteiger partial charge in [-0.2, -0.15) is 0 Å². The zero-order valence-corrected chi connectivity index (χ0v) is 12.2. The average Bonchev–Trinajstić information content (AvgIpc) is 2.95. The lowest BCUT2D eigenvalue weighted by molar-refractivity contribution is -0.137. The molecule has 2 amide bonds. The molecule has 114 valence electrons. The zero-order valence-electron chi connectivity index (χ0n) is 12.2. The molecule has 0 aromatic carbocycles. The molecule has 0 aromatic heterocycles. The highest BCUT2D eigenvalue weighted by Crippen LogP contribution is 2.34. The predicted octanol–water partition coefficient (Wildman–Crippen LogP) is 1.59. The normalized spacial score (nSPS) is 27.9. The number of nitrogens with zero attached hydrogens (tertiary/aromatic N) is 1. The first-order valence-electron chi connectivity index (χ1n) is 7.41. The number of hydrogen-bond donors (Lipinski definition) is 2. The Bertz CT molecular complexity index is 372. The first kappa shape index (κ1) is 15.1. The third-order valence-electron chi connectivity index (χ3n) is 4.09. The number of ether oxygens (including phenoxy) is 1. The molecule has 0 saturated carbocycles. The molecule has 6 nitrogen and oxygen atoms in total. The predicted molar refractivity (Wildman–Crippen MR) is 73.5 cm³/mol. The van der Waals surface area contributed by atoms with E-state index in [0.29, 0.717) is 19.1 Å². The minimum atomic E-state index is -0.824. The van der Waals surface area contributed by atoms with E-state index in [9.17, 15) is 9.59 Å². The Morgan fingerprint density at radius 2 is 2.15 bits per heavy atom. The summed E-state index contributed by atoms with van der Waals surface area (Å²) in [5.74, 6) is -0.824. The molecule has 6 heteroatoms. The summed E-state index contributed by atoms with van der Waals surface area (Å²) in [6, 6.07) is 0.0665. The van der Waals surface area contributed by atoms with E-state index in [4.69, 9.17) is 9.84 Å². The van der Waals surface area contributed by atoms with Crippen LogP contribution in [0.25, 0.3) is 0 Å². The van der Waals surface area contributed by atoms with Gasteiger partial charge < -0.3 is 20.1 Å². The number of hydrogen-bond acceptors (Lipinski definition) is 3. The number of rotatable bonds is 6. The Kier molecular flexibility index (Phi) is 4.86. The van der Waals surface area contributed by atoms with Crippen molar-refractivity contribution in [3.63, 3.8) is 0 Å². The monoisotopic (exact) mass is 284 g/mol. The van der Waals surface area contributed by atoms with Gasteiger partial charge in [0.25, 0.3) is 0 Å². The molecule has 20 heavy (non-hydrogen) atoms. The summed E-state index contributed by atoms with van der Waals surface area (Å²) in [6.45, 7) is 4.35. The van der Waals surface area contributed by atoms with Crippen molar-refractivity contribution in [2.24, 2.45) is 0 Å². The van der Waals surface area contributed by atoms with Crippen molar-refractivity contribution in [3.8, 4) is 0 Å².